The van der Waals surface area contributed by atoms with E-state index in [-0.39, 0.29) is 0 Å². The SMILES string of the molecule is C/C(=N\NC(=S)Nc1ccc(C)cc1)c1ccc2ccccc2c1. The molecule has 0 aliphatic rings. The molecular formula is C20H19N3S. The Kier molecular flexibility index (Phi) is 4.87. The lowest BCUT2D eigenvalue weighted by Gasteiger charge is -2.09. The predicted octanol–water partition coefficient (Wildman–Crippen LogP) is 4.86. The summed E-state index contributed by atoms with van der Waals surface area (Å²) in [5, 5.41) is 10.4. The van der Waals surface area contributed by atoms with Crippen LogP contribution in [0, 0.1) is 6.92 Å². The maximum absolute atomic E-state index is 5.28. The molecule has 0 radical (unpaired) electrons. The zero-order chi connectivity index (χ0) is 16.9. The van der Waals surface area contributed by atoms with E-state index in [0.717, 1.165) is 17.0 Å². The molecule has 0 fully saturated rings. The zero-order valence-corrected chi connectivity index (χ0v) is 14.5. The summed E-state index contributed by atoms with van der Waals surface area (Å²) in [4.78, 5) is 0. The summed E-state index contributed by atoms with van der Waals surface area (Å²) in [6, 6.07) is 22.6. The van der Waals surface area contributed by atoms with Gasteiger partial charge in [-0.3, -0.25) is 5.43 Å². The molecule has 3 aromatic carbocycles. The molecule has 0 atom stereocenters. The van der Waals surface area contributed by atoms with Crippen LogP contribution in [-0.2, 0) is 0 Å². The number of nitrogens with one attached hydrogen (secondary N) is 2. The molecule has 120 valence electrons. The number of aryl methyl sites for hydroxylation is 1. The van der Waals surface area contributed by atoms with Crippen LogP contribution in [-0.4, -0.2) is 10.8 Å². The molecule has 4 heteroatoms. The standard InChI is InChI=1S/C20H19N3S/c1-14-7-11-19(12-8-14)21-20(24)23-22-15(2)17-10-9-16-5-3-4-6-18(16)13-17/h3-13H,1-2H3,(H2,21,23,24)/b22-15+. The number of nitrogens with zero attached hydrogens (tertiary/aromatic N) is 1. The monoisotopic (exact) mass is 333 g/mol. The van der Waals surface area contributed by atoms with Crippen LogP contribution in [0.25, 0.3) is 10.8 Å². The molecule has 0 heterocycles. The van der Waals surface area contributed by atoms with E-state index >= 15 is 0 Å². The van der Waals surface area contributed by atoms with Gasteiger partial charge in [0.25, 0.3) is 0 Å². The number of thiocarbonyl (C=S) groups is 1. The summed E-state index contributed by atoms with van der Waals surface area (Å²) < 4.78 is 0. The topological polar surface area (TPSA) is 36.4 Å². The second kappa shape index (κ2) is 7.23. The summed E-state index contributed by atoms with van der Waals surface area (Å²) in [6.07, 6.45) is 0. The summed E-state index contributed by atoms with van der Waals surface area (Å²) >= 11 is 5.28. The lowest BCUT2D eigenvalue weighted by Crippen LogP contribution is -2.24. The van der Waals surface area contributed by atoms with Gasteiger partial charge >= 0.3 is 0 Å². The van der Waals surface area contributed by atoms with E-state index in [0.29, 0.717) is 5.11 Å². The number of anilines is 1. The van der Waals surface area contributed by atoms with Crippen LogP contribution in [0.3, 0.4) is 0 Å². The third-order valence-corrected chi connectivity index (χ3v) is 4.00. The third-order valence-electron chi connectivity index (χ3n) is 3.80. The quantitative estimate of drug-likeness (QED) is 0.408. The van der Waals surface area contributed by atoms with Gasteiger partial charge in [0.15, 0.2) is 5.11 Å². The Morgan fingerprint density at radius 1 is 0.917 bits per heavy atom. The highest BCUT2D eigenvalue weighted by Gasteiger charge is 2.01. The lowest BCUT2D eigenvalue weighted by atomic mass is 10.0. The van der Waals surface area contributed by atoms with Crippen molar-refractivity contribution in [2.24, 2.45) is 5.10 Å². The smallest absolute Gasteiger partial charge is 0.191 e. The number of hydrazone groups is 1. The summed E-state index contributed by atoms with van der Waals surface area (Å²) in [6.45, 7) is 4.02. The first-order chi connectivity index (χ1) is 11.6. The van der Waals surface area contributed by atoms with E-state index in [9.17, 15) is 0 Å². The first kappa shape index (κ1) is 16.1. The molecule has 0 saturated carbocycles. The first-order valence-corrected chi connectivity index (χ1v) is 8.20. The van der Waals surface area contributed by atoms with Crippen molar-refractivity contribution in [3.63, 3.8) is 0 Å². The fourth-order valence-corrected chi connectivity index (χ4v) is 2.57. The molecule has 0 saturated heterocycles. The van der Waals surface area contributed by atoms with Crippen molar-refractivity contribution < 1.29 is 0 Å². The molecule has 24 heavy (non-hydrogen) atoms. The Hall–Kier alpha value is -2.72. The van der Waals surface area contributed by atoms with Gasteiger partial charge in [-0.15, -0.1) is 0 Å². The van der Waals surface area contributed by atoms with Crippen molar-refractivity contribution in [2.45, 2.75) is 13.8 Å². The molecule has 0 bridgehead atoms. The van der Waals surface area contributed by atoms with Crippen LogP contribution in [0.2, 0.25) is 0 Å². The van der Waals surface area contributed by atoms with Crippen molar-refractivity contribution in [3.05, 3.63) is 77.9 Å². The average Bonchev–Trinajstić information content (AvgIpc) is 2.61. The Morgan fingerprint density at radius 2 is 1.62 bits per heavy atom. The molecule has 2 N–H and O–H groups in total. The van der Waals surface area contributed by atoms with Gasteiger partial charge in [-0.2, -0.15) is 5.10 Å². The van der Waals surface area contributed by atoms with Crippen LogP contribution in [0.15, 0.2) is 71.8 Å². The van der Waals surface area contributed by atoms with E-state index in [1.54, 1.807) is 0 Å². The summed E-state index contributed by atoms with van der Waals surface area (Å²) in [5.41, 5.74) is 7.01. The predicted molar refractivity (Wildman–Crippen MR) is 107 cm³/mol. The Labute approximate surface area is 147 Å². The second-order valence-electron chi connectivity index (χ2n) is 5.69. The molecule has 3 nitrogen and oxygen atoms in total. The zero-order valence-electron chi connectivity index (χ0n) is 13.7. The van der Waals surface area contributed by atoms with Crippen molar-refractivity contribution in [1.82, 2.24) is 5.43 Å². The molecule has 0 aliphatic heterocycles. The average molecular weight is 333 g/mol. The van der Waals surface area contributed by atoms with E-state index in [4.69, 9.17) is 12.2 Å². The fraction of sp³-hybridized carbons (Fsp3) is 0.100. The van der Waals surface area contributed by atoms with E-state index in [1.807, 2.05) is 43.3 Å². The van der Waals surface area contributed by atoms with Gasteiger partial charge in [-0.25, -0.2) is 0 Å². The molecule has 0 aromatic heterocycles. The highest BCUT2D eigenvalue weighted by Crippen LogP contribution is 2.16. The Morgan fingerprint density at radius 3 is 2.38 bits per heavy atom. The fourth-order valence-electron chi connectivity index (χ4n) is 2.41. The van der Waals surface area contributed by atoms with E-state index in [1.165, 1.54) is 16.3 Å². The van der Waals surface area contributed by atoms with E-state index < -0.39 is 0 Å². The van der Waals surface area contributed by atoms with Crippen molar-refractivity contribution in [2.75, 3.05) is 5.32 Å². The number of rotatable bonds is 3. The van der Waals surface area contributed by atoms with Crippen LogP contribution in [0.1, 0.15) is 18.1 Å². The Balaban J connectivity index is 1.68. The van der Waals surface area contributed by atoms with Crippen molar-refractivity contribution >= 4 is 39.5 Å². The summed E-state index contributed by atoms with van der Waals surface area (Å²) in [7, 11) is 0. The number of hydrogen-bond donors (Lipinski definition) is 2. The van der Waals surface area contributed by atoms with Gasteiger partial charge in [0, 0.05) is 5.69 Å². The molecule has 0 aliphatic carbocycles. The molecular weight excluding hydrogens is 314 g/mol. The van der Waals surface area contributed by atoms with Crippen LogP contribution in [0.5, 0.6) is 0 Å². The first-order valence-electron chi connectivity index (χ1n) is 7.79. The molecule has 3 rings (SSSR count). The summed E-state index contributed by atoms with van der Waals surface area (Å²) in [5.74, 6) is 0. The molecule has 3 aromatic rings. The molecule has 0 spiro atoms. The highest BCUT2D eigenvalue weighted by molar-refractivity contribution is 7.80. The van der Waals surface area contributed by atoms with Gasteiger partial charge in [0.1, 0.15) is 0 Å². The Bertz CT molecular complexity index is 898. The molecule has 0 amide bonds. The van der Waals surface area contributed by atoms with Crippen molar-refractivity contribution in [1.29, 1.82) is 0 Å². The lowest BCUT2D eigenvalue weighted by molar-refractivity contribution is 1.04. The van der Waals surface area contributed by atoms with Crippen molar-refractivity contribution in [3.8, 4) is 0 Å². The minimum Gasteiger partial charge on any atom is -0.331 e. The van der Waals surface area contributed by atoms with E-state index in [2.05, 4.69) is 53.1 Å². The second-order valence-corrected chi connectivity index (χ2v) is 6.10. The number of benzene rings is 3. The number of hydrogen-bond acceptors (Lipinski definition) is 2. The van der Waals surface area contributed by atoms with Gasteiger partial charge in [-0.1, -0.05) is 54.1 Å². The normalized spacial score (nSPS) is 11.3. The van der Waals surface area contributed by atoms with Gasteiger partial charge in [0.05, 0.1) is 5.71 Å². The van der Waals surface area contributed by atoms with Crippen LogP contribution >= 0.6 is 12.2 Å². The van der Waals surface area contributed by atoms with Crippen LogP contribution < -0.4 is 10.7 Å². The molecule has 0 unspecified atom stereocenters. The maximum atomic E-state index is 5.28. The maximum Gasteiger partial charge on any atom is 0.191 e. The van der Waals surface area contributed by atoms with Gasteiger partial charge in [-0.05, 0) is 60.6 Å². The minimum absolute atomic E-state index is 0.471. The highest BCUT2D eigenvalue weighted by atomic mass is 32.1. The largest absolute Gasteiger partial charge is 0.331 e. The third kappa shape index (κ3) is 3.97. The van der Waals surface area contributed by atoms with Crippen LogP contribution in [0.4, 0.5) is 5.69 Å². The van der Waals surface area contributed by atoms with Gasteiger partial charge < -0.3 is 5.32 Å². The van der Waals surface area contributed by atoms with Gasteiger partial charge in [0.2, 0.25) is 0 Å². The minimum atomic E-state index is 0.471. The number of fused-ring (bicyclic) bond motifs is 1.